The number of rotatable bonds is 9. The van der Waals surface area contributed by atoms with E-state index in [0.29, 0.717) is 30.4 Å². The second kappa shape index (κ2) is 12.0. The van der Waals surface area contributed by atoms with Crippen molar-refractivity contribution in [1.29, 1.82) is 0 Å². The lowest BCUT2D eigenvalue weighted by Gasteiger charge is -2.33. The van der Waals surface area contributed by atoms with E-state index in [1.54, 1.807) is 31.3 Å². The first-order valence-corrected chi connectivity index (χ1v) is 12.2. The van der Waals surface area contributed by atoms with Crippen LogP contribution in [0.25, 0.3) is 6.08 Å². The van der Waals surface area contributed by atoms with Crippen molar-refractivity contribution in [2.75, 3.05) is 29.9 Å². The second-order valence-corrected chi connectivity index (χ2v) is 8.68. The van der Waals surface area contributed by atoms with Crippen LogP contribution in [0.3, 0.4) is 0 Å². The van der Waals surface area contributed by atoms with Crippen LogP contribution in [0.1, 0.15) is 42.6 Å². The molecule has 0 bridgehead atoms. The van der Waals surface area contributed by atoms with Gasteiger partial charge >= 0.3 is 5.97 Å². The van der Waals surface area contributed by atoms with Gasteiger partial charge in [-0.25, -0.2) is 9.78 Å². The van der Waals surface area contributed by atoms with Crippen molar-refractivity contribution in [2.24, 2.45) is 0 Å². The fraction of sp³-hybridized carbons (Fsp3) is 0.286. The Morgan fingerprint density at radius 3 is 2.62 bits per heavy atom. The van der Waals surface area contributed by atoms with E-state index in [1.165, 1.54) is 18.3 Å². The average molecular weight is 503 g/mol. The number of nitrogens with zero attached hydrogens (tertiary/aromatic N) is 3. The molecule has 0 saturated carbocycles. The molecule has 2 N–H and O–H groups in total. The Morgan fingerprint density at radius 1 is 1.14 bits per heavy atom. The Labute approximate surface area is 215 Å². The second-order valence-electron chi connectivity index (χ2n) is 8.68. The van der Waals surface area contributed by atoms with E-state index in [0.717, 1.165) is 36.4 Å². The van der Waals surface area contributed by atoms with E-state index >= 15 is 0 Å². The molecule has 3 aromatic rings. The molecule has 1 atom stereocenters. The number of aromatic carboxylic acids is 1. The molecule has 1 unspecified atom stereocenters. The Morgan fingerprint density at radius 2 is 1.89 bits per heavy atom. The number of hydrogen-bond acceptors (Lipinski definition) is 7. The van der Waals surface area contributed by atoms with E-state index in [4.69, 9.17) is 14.6 Å². The molecule has 9 nitrogen and oxygen atoms in total. The predicted molar refractivity (Wildman–Crippen MR) is 141 cm³/mol. The molecule has 0 radical (unpaired) electrons. The number of carbonyl (C=O) groups excluding carboxylic acids is 1. The van der Waals surface area contributed by atoms with Crippen molar-refractivity contribution in [3.8, 4) is 11.5 Å². The van der Waals surface area contributed by atoms with E-state index < -0.39 is 5.97 Å². The Bertz CT molecular complexity index is 1280. The first-order chi connectivity index (χ1) is 17.9. The van der Waals surface area contributed by atoms with Gasteiger partial charge in [-0.15, -0.1) is 0 Å². The molecule has 4 rings (SSSR count). The molecular weight excluding hydrogens is 472 g/mol. The summed E-state index contributed by atoms with van der Waals surface area (Å²) in [5, 5.41) is 11.8. The summed E-state index contributed by atoms with van der Waals surface area (Å²) in [6, 6.07) is 14.0. The Kier molecular flexibility index (Phi) is 8.35. The van der Waals surface area contributed by atoms with Crippen LogP contribution in [0.4, 0.5) is 11.6 Å². The summed E-state index contributed by atoms with van der Waals surface area (Å²) in [5.41, 5.74) is 1.37. The molecular formula is C28H30N4O5. The highest BCUT2D eigenvalue weighted by Gasteiger charge is 2.24. The fourth-order valence-electron chi connectivity index (χ4n) is 4.06. The van der Waals surface area contributed by atoms with E-state index in [-0.39, 0.29) is 17.6 Å². The fourth-order valence-corrected chi connectivity index (χ4v) is 4.06. The van der Waals surface area contributed by atoms with Crippen LogP contribution < -0.4 is 19.7 Å². The van der Waals surface area contributed by atoms with Gasteiger partial charge in [0.25, 0.3) is 5.91 Å². The average Bonchev–Trinajstić information content (AvgIpc) is 2.90. The largest absolute Gasteiger partial charge is 0.490 e. The van der Waals surface area contributed by atoms with E-state index in [9.17, 15) is 9.59 Å². The maximum absolute atomic E-state index is 12.7. The molecule has 1 aliphatic rings. The van der Waals surface area contributed by atoms with Crippen molar-refractivity contribution in [1.82, 2.24) is 9.97 Å². The Balaban J connectivity index is 1.40. The van der Waals surface area contributed by atoms with Gasteiger partial charge in [0.05, 0.1) is 31.1 Å². The number of nitrogens with one attached hydrogen (secondary N) is 1. The SMILES string of the molecule is CCOc1ccccc1OC1CCCN(c2cncc(NC(=O)/C(C)=C/c3ccc(C(=O)O)cc3)n2)C1. The van der Waals surface area contributed by atoms with Gasteiger partial charge < -0.3 is 24.8 Å². The lowest BCUT2D eigenvalue weighted by atomic mass is 10.1. The number of anilines is 2. The van der Waals surface area contributed by atoms with Crippen LogP contribution in [0.5, 0.6) is 11.5 Å². The summed E-state index contributed by atoms with van der Waals surface area (Å²) in [5.74, 6) is 1.15. The van der Waals surface area contributed by atoms with Gasteiger partial charge in [-0.3, -0.25) is 9.78 Å². The van der Waals surface area contributed by atoms with Gasteiger partial charge in [-0.05, 0) is 62.6 Å². The van der Waals surface area contributed by atoms with Gasteiger partial charge in [-0.1, -0.05) is 24.3 Å². The van der Waals surface area contributed by atoms with E-state index in [1.807, 2.05) is 31.2 Å². The Hall–Kier alpha value is -4.40. The number of carboxylic acids is 1. The van der Waals surface area contributed by atoms with Crippen molar-refractivity contribution in [2.45, 2.75) is 32.8 Å². The minimum Gasteiger partial charge on any atom is -0.490 e. The van der Waals surface area contributed by atoms with Crippen LogP contribution in [0.15, 0.2) is 66.5 Å². The quantitative estimate of drug-likeness (QED) is 0.406. The molecule has 2 aromatic carbocycles. The standard InChI is InChI=1S/C28H30N4O5/c1-3-36-23-8-4-5-9-24(23)37-22-7-6-14-32(18-22)26-17-29-16-25(30-26)31-27(33)19(2)15-20-10-12-21(13-11-20)28(34)35/h4-5,8-13,15-17,22H,3,6-7,14,18H2,1-2H3,(H,34,35)(H,30,31,33)/b19-15+. The van der Waals surface area contributed by atoms with Crippen molar-refractivity contribution in [3.63, 3.8) is 0 Å². The van der Waals surface area contributed by atoms with Gasteiger partial charge in [0.15, 0.2) is 17.3 Å². The topological polar surface area (TPSA) is 114 Å². The van der Waals surface area contributed by atoms with Crippen molar-refractivity contribution in [3.05, 3.63) is 77.6 Å². The number of amides is 1. The van der Waals surface area contributed by atoms with Crippen LogP contribution in [-0.2, 0) is 4.79 Å². The lowest BCUT2D eigenvalue weighted by molar-refractivity contribution is -0.112. The summed E-state index contributed by atoms with van der Waals surface area (Å²) in [4.78, 5) is 34.7. The number of hydrogen-bond donors (Lipinski definition) is 2. The predicted octanol–water partition coefficient (Wildman–Crippen LogP) is 4.66. The smallest absolute Gasteiger partial charge is 0.335 e. The van der Waals surface area contributed by atoms with Gasteiger partial charge in [0.2, 0.25) is 0 Å². The van der Waals surface area contributed by atoms with Crippen LogP contribution in [-0.4, -0.2) is 52.8 Å². The van der Waals surface area contributed by atoms with Crippen molar-refractivity contribution >= 4 is 29.6 Å². The summed E-state index contributed by atoms with van der Waals surface area (Å²) in [6.45, 7) is 5.64. The zero-order chi connectivity index (χ0) is 26.2. The molecule has 1 fully saturated rings. The third-order valence-corrected chi connectivity index (χ3v) is 5.91. The molecule has 192 valence electrons. The monoisotopic (exact) mass is 502 g/mol. The molecule has 1 aromatic heterocycles. The lowest BCUT2D eigenvalue weighted by Crippen LogP contribution is -2.41. The molecule has 0 spiro atoms. The number of ether oxygens (including phenoxy) is 2. The molecule has 2 heterocycles. The van der Waals surface area contributed by atoms with Crippen LogP contribution in [0.2, 0.25) is 0 Å². The van der Waals surface area contributed by atoms with Gasteiger partial charge in [-0.2, -0.15) is 0 Å². The van der Waals surface area contributed by atoms with Crippen LogP contribution in [0, 0.1) is 0 Å². The zero-order valence-corrected chi connectivity index (χ0v) is 20.9. The highest BCUT2D eigenvalue weighted by atomic mass is 16.5. The summed E-state index contributed by atoms with van der Waals surface area (Å²) >= 11 is 0. The zero-order valence-electron chi connectivity index (χ0n) is 20.9. The number of piperidine rings is 1. The van der Waals surface area contributed by atoms with Gasteiger partial charge in [0, 0.05) is 12.1 Å². The molecule has 0 aliphatic carbocycles. The molecule has 1 amide bonds. The minimum atomic E-state index is -0.995. The third kappa shape index (κ3) is 6.84. The first-order valence-electron chi connectivity index (χ1n) is 12.2. The number of para-hydroxylation sites is 2. The summed E-state index contributed by atoms with van der Waals surface area (Å²) in [7, 11) is 0. The summed E-state index contributed by atoms with van der Waals surface area (Å²) in [6.07, 6.45) is 6.68. The summed E-state index contributed by atoms with van der Waals surface area (Å²) < 4.78 is 12.0. The highest BCUT2D eigenvalue weighted by Crippen LogP contribution is 2.30. The number of aromatic nitrogens is 2. The van der Waals surface area contributed by atoms with E-state index in [2.05, 4.69) is 20.2 Å². The van der Waals surface area contributed by atoms with Gasteiger partial charge in [0.1, 0.15) is 11.9 Å². The number of benzene rings is 2. The molecule has 1 saturated heterocycles. The third-order valence-electron chi connectivity index (χ3n) is 5.91. The molecule has 37 heavy (non-hydrogen) atoms. The minimum absolute atomic E-state index is 0.0342. The first kappa shape index (κ1) is 25.7. The number of carbonyl (C=O) groups is 2. The molecule has 1 aliphatic heterocycles. The van der Waals surface area contributed by atoms with Crippen LogP contribution >= 0.6 is 0 Å². The number of carboxylic acid groups (broad SMARTS) is 1. The van der Waals surface area contributed by atoms with Crippen molar-refractivity contribution < 1.29 is 24.2 Å². The maximum Gasteiger partial charge on any atom is 0.335 e. The maximum atomic E-state index is 12.7. The normalized spacial score (nSPS) is 15.7. The highest BCUT2D eigenvalue weighted by molar-refractivity contribution is 6.05. The molecule has 9 heteroatoms.